The largest absolute Gasteiger partial charge is 0.368 e. The van der Waals surface area contributed by atoms with E-state index in [2.05, 4.69) is 9.97 Å². The number of hydrogen-bond donors (Lipinski definition) is 2. The number of carbonyl (C=O) groups excluding carboxylic acids is 2. The minimum Gasteiger partial charge on any atom is -0.368 e. The molecule has 0 fully saturated rings. The second-order valence-corrected chi connectivity index (χ2v) is 2.99. The lowest BCUT2D eigenvalue weighted by molar-refractivity contribution is -0.121. The van der Waals surface area contributed by atoms with Crippen molar-refractivity contribution in [3.63, 3.8) is 0 Å². The van der Waals surface area contributed by atoms with Crippen molar-refractivity contribution in [1.29, 1.82) is 0 Å². The number of nitrogens with two attached hydrogens (primary N) is 2. The van der Waals surface area contributed by atoms with Crippen molar-refractivity contribution in [1.82, 2.24) is 9.97 Å². The van der Waals surface area contributed by atoms with Crippen molar-refractivity contribution in [2.75, 3.05) is 0 Å². The Bertz CT molecular complexity index is 361. The topological polar surface area (TPSA) is 112 Å². The first-order valence-electron chi connectivity index (χ1n) is 3.86. The predicted molar refractivity (Wildman–Crippen MR) is 48.1 cm³/mol. The summed E-state index contributed by atoms with van der Waals surface area (Å²) in [7, 11) is 0. The van der Waals surface area contributed by atoms with Crippen LogP contribution in [0.1, 0.15) is 17.4 Å². The maximum Gasteiger partial charge on any atom is 0.245 e. The van der Waals surface area contributed by atoms with Crippen LogP contribution in [0.5, 0.6) is 0 Å². The van der Waals surface area contributed by atoms with Gasteiger partial charge in [-0.25, -0.2) is 4.98 Å². The summed E-state index contributed by atoms with van der Waals surface area (Å²) in [6.45, 7) is 1.24. The second kappa shape index (κ2) is 3.51. The van der Waals surface area contributed by atoms with Gasteiger partial charge in [-0.3, -0.25) is 14.6 Å². The average Bonchev–Trinajstić information content (AvgIpc) is 2.17. The van der Waals surface area contributed by atoms with Crippen LogP contribution in [0, 0.1) is 0 Å². The van der Waals surface area contributed by atoms with Gasteiger partial charge < -0.3 is 11.5 Å². The number of carbonyl (C=O) groups is 2. The Labute approximate surface area is 80.3 Å². The monoisotopic (exact) mass is 194 g/mol. The molecule has 1 heterocycles. The number of ketones is 1. The second-order valence-electron chi connectivity index (χ2n) is 2.99. The van der Waals surface area contributed by atoms with Gasteiger partial charge in [0.2, 0.25) is 11.7 Å². The Balaban J connectivity index is 3.03. The van der Waals surface area contributed by atoms with Crippen LogP contribution in [0.25, 0.3) is 0 Å². The molecule has 74 valence electrons. The Kier molecular flexibility index (Phi) is 2.57. The van der Waals surface area contributed by atoms with E-state index in [1.165, 1.54) is 25.5 Å². The molecular weight excluding hydrogens is 184 g/mol. The molecule has 0 unspecified atom stereocenters. The summed E-state index contributed by atoms with van der Waals surface area (Å²) in [5.41, 5.74) is 8.70. The van der Waals surface area contributed by atoms with Crippen molar-refractivity contribution in [2.24, 2.45) is 11.5 Å². The summed E-state index contributed by atoms with van der Waals surface area (Å²) in [6, 6.07) is 0. The van der Waals surface area contributed by atoms with Crippen LogP contribution in [0.4, 0.5) is 0 Å². The van der Waals surface area contributed by atoms with E-state index in [0.717, 1.165) is 0 Å². The molecule has 1 amide bonds. The first-order valence-corrected chi connectivity index (χ1v) is 3.86. The summed E-state index contributed by atoms with van der Waals surface area (Å²) >= 11 is 0. The molecule has 0 radical (unpaired) electrons. The Morgan fingerprint density at radius 2 is 2.07 bits per heavy atom. The first kappa shape index (κ1) is 10.3. The summed E-state index contributed by atoms with van der Waals surface area (Å²) < 4.78 is 0. The van der Waals surface area contributed by atoms with E-state index in [-0.39, 0.29) is 5.69 Å². The van der Waals surface area contributed by atoms with Gasteiger partial charge >= 0.3 is 0 Å². The van der Waals surface area contributed by atoms with Crippen LogP contribution in [0.2, 0.25) is 0 Å². The summed E-state index contributed by atoms with van der Waals surface area (Å²) in [5.74, 6) is -1.54. The number of aromatic nitrogens is 2. The predicted octanol–water partition coefficient (Wildman–Crippen LogP) is -1.14. The smallest absolute Gasteiger partial charge is 0.245 e. The van der Waals surface area contributed by atoms with Gasteiger partial charge in [0, 0.05) is 12.4 Å². The molecule has 6 heteroatoms. The van der Waals surface area contributed by atoms with Crippen molar-refractivity contribution >= 4 is 11.7 Å². The zero-order chi connectivity index (χ0) is 10.8. The summed E-state index contributed by atoms with van der Waals surface area (Å²) in [4.78, 5) is 29.9. The zero-order valence-electron chi connectivity index (χ0n) is 7.60. The molecule has 0 saturated carbocycles. The number of hydrogen-bond acceptors (Lipinski definition) is 5. The number of Topliss-reactive ketones (excluding diaryl/α,β-unsaturated/α-hetero) is 1. The fraction of sp³-hybridized carbons (Fsp3) is 0.250. The normalized spacial score (nSPS) is 14.4. The molecule has 0 bridgehead atoms. The zero-order valence-corrected chi connectivity index (χ0v) is 7.60. The molecule has 1 atom stereocenters. The Morgan fingerprint density at radius 3 is 2.50 bits per heavy atom. The summed E-state index contributed by atoms with van der Waals surface area (Å²) in [6.07, 6.45) is 3.98. The fourth-order valence-electron chi connectivity index (χ4n) is 0.794. The van der Waals surface area contributed by atoms with Gasteiger partial charge in [-0.2, -0.15) is 0 Å². The Morgan fingerprint density at radius 1 is 1.43 bits per heavy atom. The van der Waals surface area contributed by atoms with Gasteiger partial charge in [0.1, 0.15) is 5.69 Å². The molecule has 4 N–H and O–H groups in total. The molecule has 6 nitrogen and oxygen atoms in total. The number of primary amides is 1. The van der Waals surface area contributed by atoms with E-state index in [1.54, 1.807) is 0 Å². The third-order valence-corrected chi connectivity index (χ3v) is 1.78. The van der Waals surface area contributed by atoms with E-state index in [9.17, 15) is 9.59 Å². The fourth-order valence-corrected chi connectivity index (χ4v) is 0.794. The molecule has 0 aliphatic heterocycles. The van der Waals surface area contributed by atoms with Crippen LogP contribution in [0.3, 0.4) is 0 Å². The molecule has 1 rings (SSSR count). The van der Waals surface area contributed by atoms with E-state index in [1.807, 2.05) is 0 Å². The molecule has 1 aromatic rings. The maximum absolute atomic E-state index is 11.6. The van der Waals surface area contributed by atoms with E-state index >= 15 is 0 Å². The molecule has 0 aliphatic carbocycles. The van der Waals surface area contributed by atoms with Crippen molar-refractivity contribution in [3.8, 4) is 0 Å². The highest BCUT2D eigenvalue weighted by Crippen LogP contribution is 2.06. The van der Waals surface area contributed by atoms with Gasteiger partial charge in [-0.1, -0.05) is 0 Å². The number of amides is 1. The SMILES string of the molecule is C[C@](N)(C(N)=O)C(=O)c1cnccn1. The number of rotatable bonds is 3. The third-order valence-electron chi connectivity index (χ3n) is 1.78. The lowest BCUT2D eigenvalue weighted by atomic mass is 9.95. The minimum absolute atomic E-state index is 0.0244. The van der Waals surface area contributed by atoms with E-state index in [4.69, 9.17) is 11.5 Å². The van der Waals surface area contributed by atoms with Gasteiger partial charge in [-0.15, -0.1) is 0 Å². The maximum atomic E-state index is 11.6. The molecule has 0 aromatic carbocycles. The van der Waals surface area contributed by atoms with Crippen LogP contribution < -0.4 is 11.5 Å². The first-order chi connectivity index (χ1) is 6.46. The lowest BCUT2D eigenvalue weighted by Gasteiger charge is -2.17. The van der Waals surface area contributed by atoms with Crippen molar-refractivity contribution in [2.45, 2.75) is 12.5 Å². The quantitative estimate of drug-likeness (QED) is 0.466. The van der Waals surface area contributed by atoms with Gasteiger partial charge in [-0.05, 0) is 6.92 Å². The number of nitrogens with zero attached hydrogens (tertiary/aromatic N) is 2. The van der Waals surface area contributed by atoms with E-state index < -0.39 is 17.2 Å². The molecular formula is C8H10N4O2. The van der Waals surface area contributed by atoms with Crippen LogP contribution in [-0.2, 0) is 4.79 Å². The highest BCUT2D eigenvalue weighted by molar-refractivity contribution is 6.16. The third kappa shape index (κ3) is 1.74. The Hall–Kier alpha value is -1.82. The average molecular weight is 194 g/mol. The van der Waals surface area contributed by atoms with Crippen molar-refractivity contribution in [3.05, 3.63) is 24.3 Å². The van der Waals surface area contributed by atoms with Gasteiger partial charge in [0.15, 0.2) is 5.54 Å². The van der Waals surface area contributed by atoms with Crippen LogP contribution in [0.15, 0.2) is 18.6 Å². The molecule has 14 heavy (non-hydrogen) atoms. The minimum atomic E-state index is -1.74. The molecule has 0 aliphatic rings. The van der Waals surface area contributed by atoms with Crippen LogP contribution >= 0.6 is 0 Å². The van der Waals surface area contributed by atoms with Crippen molar-refractivity contribution < 1.29 is 9.59 Å². The highest BCUT2D eigenvalue weighted by Gasteiger charge is 2.36. The standard InChI is InChI=1S/C8H10N4O2/c1-8(10,7(9)14)6(13)5-4-11-2-3-12-5/h2-4H,10H2,1H3,(H2,9,14)/t8-/m1/s1. The highest BCUT2D eigenvalue weighted by atomic mass is 16.2. The molecule has 0 spiro atoms. The van der Waals surface area contributed by atoms with E-state index in [0.29, 0.717) is 0 Å². The lowest BCUT2D eigenvalue weighted by Crippen LogP contribution is -2.55. The summed E-state index contributed by atoms with van der Waals surface area (Å²) in [5, 5.41) is 0. The molecule has 0 saturated heterocycles. The van der Waals surface area contributed by atoms with Gasteiger partial charge in [0.25, 0.3) is 0 Å². The van der Waals surface area contributed by atoms with Gasteiger partial charge in [0.05, 0.1) is 6.20 Å². The molecule has 1 aromatic heterocycles. The van der Waals surface area contributed by atoms with Crippen LogP contribution in [-0.4, -0.2) is 27.2 Å².